The SMILES string of the molecule is COCC(C)(N)C(F)F. The van der Waals surface area contributed by atoms with Crippen molar-refractivity contribution in [2.24, 2.45) is 5.73 Å². The minimum atomic E-state index is -2.53. The maximum atomic E-state index is 11.8. The van der Waals surface area contributed by atoms with Crippen LogP contribution in [-0.4, -0.2) is 25.7 Å². The third-order valence-corrected chi connectivity index (χ3v) is 0.954. The highest BCUT2D eigenvalue weighted by Gasteiger charge is 2.29. The van der Waals surface area contributed by atoms with Gasteiger partial charge in [0.25, 0.3) is 6.43 Å². The fourth-order valence-electron chi connectivity index (χ4n) is 0.374. The molecule has 2 N–H and O–H groups in total. The average Bonchev–Trinajstić information content (AvgIpc) is 1.65. The highest BCUT2D eigenvalue weighted by atomic mass is 19.3. The largest absolute Gasteiger partial charge is 0.383 e. The second-order valence-electron chi connectivity index (χ2n) is 2.24. The highest BCUT2D eigenvalue weighted by Crippen LogP contribution is 2.11. The number of methoxy groups -OCH3 is 1. The van der Waals surface area contributed by atoms with Crippen molar-refractivity contribution in [1.29, 1.82) is 0 Å². The summed E-state index contributed by atoms with van der Waals surface area (Å²) in [7, 11) is 1.34. The van der Waals surface area contributed by atoms with E-state index in [4.69, 9.17) is 5.73 Å². The summed E-state index contributed by atoms with van der Waals surface area (Å²) in [4.78, 5) is 0. The molecular weight excluding hydrogens is 128 g/mol. The van der Waals surface area contributed by atoms with E-state index in [9.17, 15) is 8.78 Å². The Kier molecular flexibility index (Phi) is 3.00. The van der Waals surface area contributed by atoms with Gasteiger partial charge in [0.15, 0.2) is 0 Å². The maximum absolute atomic E-state index is 11.8. The van der Waals surface area contributed by atoms with E-state index in [0.29, 0.717) is 0 Å². The van der Waals surface area contributed by atoms with Crippen LogP contribution in [0.3, 0.4) is 0 Å². The van der Waals surface area contributed by atoms with Gasteiger partial charge < -0.3 is 10.5 Å². The number of hydrogen-bond acceptors (Lipinski definition) is 2. The average molecular weight is 139 g/mol. The molecule has 0 saturated carbocycles. The van der Waals surface area contributed by atoms with Crippen molar-refractivity contribution < 1.29 is 13.5 Å². The van der Waals surface area contributed by atoms with Crippen molar-refractivity contribution in [3.05, 3.63) is 0 Å². The molecule has 0 saturated heterocycles. The summed E-state index contributed by atoms with van der Waals surface area (Å²) in [5, 5.41) is 0. The molecule has 0 spiro atoms. The van der Waals surface area contributed by atoms with Gasteiger partial charge in [-0.2, -0.15) is 0 Å². The van der Waals surface area contributed by atoms with Gasteiger partial charge in [-0.05, 0) is 6.92 Å². The van der Waals surface area contributed by atoms with Gasteiger partial charge in [0.05, 0.1) is 12.1 Å². The Labute approximate surface area is 53.0 Å². The predicted octanol–water partition coefficient (Wildman–Crippen LogP) is 0.615. The first-order valence-electron chi connectivity index (χ1n) is 2.56. The summed E-state index contributed by atoms with van der Waals surface area (Å²) >= 11 is 0. The fraction of sp³-hybridized carbons (Fsp3) is 1.00. The van der Waals surface area contributed by atoms with E-state index < -0.39 is 12.0 Å². The van der Waals surface area contributed by atoms with Crippen molar-refractivity contribution >= 4 is 0 Å². The first kappa shape index (κ1) is 8.78. The van der Waals surface area contributed by atoms with Crippen molar-refractivity contribution in [3.63, 3.8) is 0 Å². The van der Waals surface area contributed by atoms with Crippen LogP contribution in [-0.2, 0) is 4.74 Å². The van der Waals surface area contributed by atoms with Gasteiger partial charge in [-0.15, -0.1) is 0 Å². The van der Waals surface area contributed by atoms with E-state index in [-0.39, 0.29) is 6.61 Å². The monoisotopic (exact) mass is 139 g/mol. The molecule has 0 bridgehead atoms. The van der Waals surface area contributed by atoms with Crippen LogP contribution in [0.2, 0.25) is 0 Å². The normalized spacial score (nSPS) is 18.0. The molecule has 1 unspecified atom stereocenters. The van der Waals surface area contributed by atoms with E-state index in [1.54, 1.807) is 0 Å². The van der Waals surface area contributed by atoms with E-state index in [0.717, 1.165) is 0 Å². The molecule has 1 atom stereocenters. The summed E-state index contributed by atoms with van der Waals surface area (Å²) < 4.78 is 28.1. The smallest absolute Gasteiger partial charge is 0.258 e. The van der Waals surface area contributed by atoms with Gasteiger partial charge in [-0.25, -0.2) is 8.78 Å². The summed E-state index contributed by atoms with van der Waals surface area (Å²) in [6, 6.07) is 0. The van der Waals surface area contributed by atoms with Crippen molar-refractivity contribution in [1.82, 2.24) is 0 Å². The molecule has 0 heterocycles. The zero-order valence-electron chi connectivity index (χ0n) is 5.53. The molecule has 0 fully saturated rings. The Morgan fingerprint density at radius 1 is 1.67 bits per heavy atom. The lowest BCUT2D eigenvalue weighted by Gasteiger charge is -2.21. The Balaban J connectivity index is 3.70. The van der Waals surface area contributed by atoms with Crippen LogP contribution >= 0.6 is 0 Å². The third kappa shape index (κ3) is 2.72. The summed E-state index contributed by atoms with van der Waals surface area (Å²) in [5.41, 5.74) is 3.59. The van der Waals surface area contributed by atoms with Crippen LogP contribution in [0.1, 0.15) is 6.92 Å². The molecule has 0 radical (unpaired) electrons. The van der Waals surface area contributed by atoms with Gasteiger partial charge >= 0.3 is 0 Å². The molecule has 0 aromatic carbocycles. The molecule has 0 aliphatic rings. The van der Waals surface area contributed by atoms with Crippen LogP contribution in [0.5, 0.6) is 0 Å². The van der Waals surface area contributed by atoms with E-state index in [2.05, 4.69) is 4.74 Å². The molecule has 56 valence electrons. The van der Waals surface area contributed by atoms with E-state index >= 15 is 0 Å². The van der Waals surface area contributed by atoms with Gasteiger partial charge in [-0.3, -0.25) is 0 Å². The van der Waals surface area contributed by atoms with Crippen LogP contribution in [0, 0.1) is 0 Å². The van der Waals surface area contributed by atoms with Gasteiger partial charge in [0.1, 0.15) is 0 Å². The van der Waals surface area contributed by atoms with Gasteiger partial charge in [-0.1, -0.05) is 0 Å². The fourth-order valence-corrected chi connectivity index (χ4v) is 0.374. The lowest BCUT2D eigenvalue weighted by atomic mass is 10.1. The minimum absolute atomic E-state index is 0.120. The van der Waals surface area contributed by atoms with Gasteiger partial charge in [0, 0.05) is 7.11 Å². The molecule has 4 heteroatoms. The molecule has 2 nitrogen and oxygen atoms in total. The number of alkyl halides is 2. The number of halogens is 2. The van der Waals surface area contributed by atoms with Crippen LogP contribution in [0.15, 0.2) is 0 Å². The van der Waals surface area contributed by atoms with Crippen molar-refractivity contribution in [2.75, 3.05) is 13.7 Å². The molecule has 0 aliphatic carbocycles. The first-order valence-corrected chi connectivity index (χ1v) is 2.56. The summed E-state index contributed by atoms with van der Waals surface area (Å²) in [6.45, 7) is 1.13. The molecule has 9 heavy (non-hydrogen) atoms. The minimum Gasteiger partial charge on any atom is -0.383 e. The standard InChI is InChI=1S/C5H11F2NO/c1-5(8,3-9-2)4(6)7/h4H,3,8H2,1-2H3. The van der Waals surface area contributed by atoms with E-state index in [1.165, 1.54) is 14.0 Å². The topological polar surface area (TPSA) is 35.2 Å². The van der Waals surface area contributed by atoms with Crippen molar-refractivity contribution in [2.45, 2.75) is 18.9 Å². The Morgan fingerprint density at radius 2 is 2.11 bits per heavy atom. The maximum Gasteiger partial charge on any atom is 0.258 e. The predicted molar refractivity (Wildman–Crippen MR) is 30.5 cm³/mol. The number of hydrogen-bond donors (Lipinski definition) is 1. The first-order chi connectivity index (χ1) is 4.00. The molecule has 0 aromatic heterocycles. The zero-order chi connectivity index (χ0) is 7.49. The molecular formula is C5H11F2NO. The lowest BCUT2D eigenvalue weighted by molar-refractivity contribution is 0.0134. The number of ether oxygens (including phenoxy) is 1. The molecule has 0 rings (SSSR count). The quantitative estimate of drug-likeness (QED) is 0.622. The highest BCUT2D eigenvalue weighted by molar-refractivity contribution is 4.80. The van der Waals surface area contributed by atoms with E-state index in [1.807, 2.05) is 0 Å². The Hall–Kier alpha value is -0.220. The second-order valence-corrected chi connectivity index (χ2v) is 2.24. The molecule has 0 aromatic rings. The lowest BCUT2D eigenvalue weighted by Crippen LogP contribution is -2.47. The van der Waals surface area contributed by atoms with Crippen LogP contribution in [0.25, 0.3) is 0 Å². The summed E-state index contributed by atoms with van der Waals surface area (Å²) in [6.07, 6.45) is -2.53. The zero-order valence-corrected chi connectivity index (χ0v) is 5.53. The molecule has 0 aliphatic heterocycles. The van der Waals surface area contributed by atoms with Gasteiger partial charge in [0.2, 0.25) is 0 Å². The number of nitrogens with two attached hydrogens (primary N) is 1. The Bertz CT molecular complexity index is 85.0. The van der Waals surface area contributed by atoms with Crippen LogP contribution < -0.4 is 5.73 Å². The summed E-state index contributed by atoms with van der Waals surface area (Å²) in [5.74, 6) is 0. The van der Waals surface area contributed by atoms with Crippen molar-refractivity contribution in [3.8, 4) is 0 Å². The second kappa shape index (κ2) is 3.08. The van der Waals surface area contributed by atoms with Crippen LogP contribution in [0.4, 0.5) is 8.78 Å². The third-order valence-electron chi connectivity index (χ3n) is 0.954. The Morgan fingerprint density at radius 3 is 2.22 bits per heavy atom. The number of rotatable bonds is 3. The molecule has 0 amide bonds.